The predicted octanol–water partition coefficient (Wildman–Crippen LogP) is 1.64. The lowest BCUT2D eigenvalue weighted by Gasteiger charge is -2.13. The largest absolute Gasteiger partial charge is 0.405 e. The van der Waals surface area contributed by atoms with Gasteiger partial charge in [-0.25, -0.2) is 0 Å². The SMILES string of the molecule is C#CCSCCNCC(C#N)C(F)(F)F. The van der Waals surface area contributed by atoms with E-state index in [1.54, 1.807) is 0 Å². The first-order valence-electron chi connectivity index (χ1n) is 4.20. The number of rotatable bonds is 6. The number of alkyl halides is 3. The highest BCUT2D eigenvalue weighted by atomic mass is 32.2. The van der Waals surface area contributed by atoms with Crippen LogP contribution in [0.1, 0.15) is 0 Å². The summed E-state index contributed by atoms with van der Waals surface area (Å²) in [6, 6.07) is 1.22. The minimum absolute atomic E-state index is 0.364. The Labute approximate surface area is 91.2 Å². The fourth-order valence-electron chi connectivity index (χ4n) is 0.756. The molecule has 6 heteroatoms. The van der Waals surface area contributed by atoms with Crippen molar-refractivity contribution in [2.45, 2.75) is 6.18 Å². The van der Waals surface area contributed by atoms with Crippen LogP contribution in [-0.4, -0.2) is 30.8 Å². The van der Waals surface area contributed by atoms with Crippen LogP contribution in [-0.2, 0) is 0 Å². The van der Waals surface area contributed by atoms with Gasteiger partial charge in [0.05, 0.1) is 11.8 Å². The Morgan fingerprint density at radius 3 is 2.60 bits per heavy atom. The molecular weight excluding hydrogens is 225 g/mol. The van der Waals surface area contributed by atoms with Crippen LogP contribution in [0, 0.1) is 29.6 Å². The van der Waals surface area contributed by atoms with Crippen molar-refractivity contribution >= 4 is 11.8 Å². The van der Waals surface area contributed by atoms with Crippen molar-refractivity contribution in [2.75, 3.05) is 24.6 Å². The zero-order valence-corrected chi connectivity index (χ0v) is 8.79. The summed E-state index contributed by atoms with van der Waals surface area (Å²) in [4.78, 5) is 0. The average molecular weight is 236 g/mol. The lowest BCUT2D eigenvalue weighted by atomic mass is 10.1. The molecule has 0 aliphatic rings. The van der Waals surface area contributed by atoms with Crippen LogP contribution in [0.15, 0.2) is 0 Å². The topological polar surface area (TPSA) is 35.8 Å². The second-order valence-corrected chi connectivity index (χ2v) is 3.79. The smallest absolute Gasteiger partial charge is 0.314 e. The lowest BCUT2D eigenvalue weighted by Crippen LogP contribution is -2.33. The molecule has 0 saturated carbocycles. The van der Waals surface area contributed by atoms with E-state index >= 15 is 0 Å². The molecule has 0 amide bonds. The van der Waals surface area contributed by atoms with Crippen LogP contribution >= 0.6 is 11.8 Å². The molecule has 1 unspecified atom stereocenters. The van der Waals surface area contributed by atoms with Gasteiger partial charge >= 0.3 is 6.18 Å². The van der Waals surface area contributed by atoms with Crippen molar-refractivity contribution in [3.63, 3.8) is 0 Å². The average Bonchev–Trinajstić information content (AvgIpc) is 2.15. The van der Waals surface area contributed by atoms with E-state index in [0.29, 0.717) is 18.1 Å². The van der Waals surface area contributed by atoms with Crippen molar-refractivity contribution in [3.8, 4) is 18.4 Å². The van der Waals surface area contributed by atoms with Crippen LogP contribution in [0.5, 0.6) is 0 Å². The minimum atomic E-state index is -4.45. The Morgan fingerprint density at radius 1 is 1.47 bits per heavy atom. The zero-order chi connectivity index (χ0) is 11.7. The second-order valence-electron chi connectivity index (χ2n) is 2.68. The van der Waals surface area contributed by atoms with Gasteiger partial charge in [-0.2, -0.15) is 18.4 Å². The van der Waals surface area contributed by atoms with Crippen molar-refractivity contribution in [1.29, 1.82) is 5.26 Å². The number of nitrogens with one attached hydrogen (secondary N) is 1. The van der Waals surface area contributed by atoms with Gasteiger partial charge in [-0.05, 0) is 0 Å². The molecule has 1 atom stereocenters. The minimum Gasteiger partial charge on any atom is -0.314 e. The van der Waals surface area contributed by atoms with Gasteiger partial charge in [0.15, 0.2) is 5.92 Å². The van der Waals surface area contributed by atoms with E-state index in [9.17, 15) is 13.2 Å². The third kappa shape index (κ3) is 7.12. The molecule has 0 aliphatic heterocycles. The maximum absolute atomic E-state index is 12.1. The molecule has 0 fully saturated rings. The highest BCUT2D eigenvalue weighted by Crippen LogP contribution is 2.24. The Bertz CT molecular complexity index is 252. The van der Waals surface area contributed by atoms with Crippen molar-refractivity contribution < 1.29 is 13.2 Å². The quantitative estimate of drug-likeness (QED) is 0.562. The first kappa shape index (κ1) is 14.2. The summed E-state index contributed by atoms with van der Waals surface area (Å²) in [7, 11) is 0. The molecule has 0 aromatic rings. The molecular formula is C9H11F3N2S. The number of halogens is 3. The molecule has 0 radical (unpaired) electrons. The molecule has 0 heterocycles. The molecule has 2 nitrogen and oxygen atoms in total. The van der Waals surface area contributed by atoms with Gasteiger partial charge in [0, 0.05) is 18.8 Å². The summed E-state index contributed by atoms with van der Waals surface area (Å²) in [6.45, 7) is 0.0528. The number of nitriles is 1. The van der Waals surface area contributed by atoms with E-state index in [1.807, 2.05) is 0 Å². The second kappa shape index (κ2) is 7.44. The van der Waals surface area contributed by atoms with Crippen molar-refractivity contribution in [3.05, 3.63) is 0 Å². The van der Waals surface area contributed by atoms with Crippen molar-refractivity contribution in [2.24, 2.45) is 5.92 Å². The lowest BCUT2D eigenvalue weighted by molar-refractivity contribution is -0.157. The number of hydrogen-bond acceptors (Lipinski definition) is 3. The third-order valence-corrected chi connectivity index (χ3v) is 2.37. The van der Waals surface area contributed by atoms with E-state index in [1.165, 1.54) is 17.8 Å². The molecule has 0 rings (SSSR count). The summed E-state index contributed by atoms with van der Waals surface area (Å²) in [5, 5.41) is 10.8. The fraction of sp³-hybridized carbons (Fsp3) is 0.667. The number of terminal acetylenes is 1. The van der Waals surface area contributed by atoms with Gasteiger partial charge in [-0.15, -0.1) is 18.2 Å². The Kier molecular flexibility index (Phi) is 7.02. The van der Waals surface area contributed by atoms with E-state index < -0.39 is 12.1 Å². The van der Waals surface area contributed by atoms with Crippen LogP contribution < -0.4 is 5.32 Å². The van der Waals surface area contributed by atoms with Crippen LogP contribution in [0.2, 0.25) is 0 Å². The maximum Gasteiger partial charge on any atom is 0.405 e. The van der Waals surface area contributed by atoms with Crippen molar-refractivity contribution in [1.82, 2.24) is 5.32 Å². The summed E-state index contributed by atoms with van der Waals surface area (Å²) in [5.74, 6) is 1.65. The monoisotopic (exact) mass is 236 g/mol. The van der Waals surface area contributed by atoms with Gasteiger partial charge in [-0.3, -0.25) is 0 Å². The highest BCUT2D eigenvalue weighted by Gasteiger charge is 2.39. The van der Waals surface area contributed by atoms with E-state index in [0.717, 1.165) is 0 Å². The van der Waals surface area contributed by atoms with Crippen LogP contribution in [0.25, 0.3) is 0 Å². The van der Waals surface area contributed by atoms with Gasteiger partial charge in [-0.1, -0.05) is 5.92 Å². The Hall–Kier alpha value is -0.850. The zero-order valence-electron chi connectivity index (χ0n) is 7.97. The number of nitrogens with zero attached hydrogens (tertiary/aromatic N) is 1. The molecule has 0 aromatic carbocycles. The van der Waals surface area contributed by atoms with Gasteiger partial charge in [0.1, 0.15) is 0 Å². The first-order valence-corrected chi connectivity index (χ1v) is 5.36. The molecule has 84 valence electrons. The molecule has 0 bridgehead atoms. The summed E-state index contributed by atoms with van der Waals surface area (Å²) < 4.78 is 36.2. The number of hydrogen-bond donors (Lipinski definition) is 1. The molecule has 0 saturated heterocycles. The van der Waals surface area contributed by atoms with Crippen LogP contribution in [0.3, 0.4) is 0 Å². The molecule has 0 aromatic heterocycles. The Balaban J connectivity index is 3.59. The molecule has 1 N–H and O–H groups in total. The fourth-order valence-corrected chi connectivity index (χ4v) is 1.31. The third-order valence-electron chi connectivity index (χ3n) is 1.51. The standard InChI is InChI=1S/C9H11F3N2S/c1-2-4-15-5-3-14-7-8(6-13)9(10,11)12/h1,8,14H,3-5,7H2. The van der Waals surface area contributed by atoms with Gasteiger partial charge in [0.25, 0.3) is 0 Å². The maximum atomic E-state index is 12.1. The molecule has 0 spiro atoms. The van der Waals surface area contributed by atoms with E-state index in [2.05, 4.69) is 11.2 Å². The van der Waals surface area contributed by atoms with E-state index in [-0.39, 0.29) is 6.54 Å². The molecule has 0 aliphatic carbocycles. The van der Waals surface area contributed by atoms with Gasteiger partial charge < -0.3 is 5.32 Å². The summed E-state index contributed by atoms with van der Waals surface area (Å²) >= 11 is 1.46. The van der Waals surface area contributed by atoms with Crippen LogP contribution in [0.4, 0.5) is 13.2 Å². The number of thioether (sulfide) groups is 1. The molecule has 15 heavy (non-hydrogen) atoms. The summed E-state index contributed by atoms with van der Waals surface area (Å²) in [6.07, 6.45) is 0.536. The summed E-state index contributed by atoms with van der Waals surface area (Å²) in [5.41, 5.74) is 0. The van der Waals surface area contributed by atoms with Gasteiger partial charge in [0.2, 0.25) is 0 Å². The predicted molar refractivity (Wildman–Crippen MR) is 54.2 cm³/mol. The normalized spacial score (nSPS) is 12.9. The Morgan fingerprint density at radius 2 is 2.13 bits per heavy atom. The first-order chi connectivity index (χ1) is 7.02. The highest BCUT2D eigenvalue weighted by molar-refractivity contribution is 7.99. The van der Waals surface area contributed by atoms with E-state index in [4.69, 9.17) is 11.7 Å².